The van der Waals surface area contributed by atoms with Crippen molar-refractivity contribution in [2.45, 2.75) is 31.8 Å². The predicted octanol–water partition coefficient (Wildman–Crippen LogP) is 2.99. The number of alkyl halides is 1. The van der Waals surface area contributed by atoms with Crippen molar-refractivity contribution in [3.63, 3.8) is 0 Å². The number of sulfonamides is 1. The summed E-state index contributed by atoms with van der Waals surface area (Å²) in [5.74, 6) is 0.778. The highest BCUT2D eigenvalue weighted by Crippen LogP contribution is 2.25. The van der Waals surface area contributed by atoms with Gasteiger partial charge >= 0.3 is 0 Å². The fourth-order valence-electron chi connectivity index (χ4n) is 2.13. The Morgan fingerprint density at radius 3 is 2.42 bits per heavy atom. The van der Waals surface area contributed by atoms with Crippen LogP contribution in [-0.4, -0.2) is 26.2 Å². The first kappa shape index (κ1) is 14.5. The van der Waals surface area contributed by atoms with Gasteiger partial charge in [-0.3, -0.25) is 4.72 Å². The van der Waals surface area contributed by atoms with Crippen molar-refractivity contribution in [3.05, 3.63) is 24.3 Å². The van der Waals surface area contributed by atoms with Crippen LogP contribution in [0.4, 0.5) is 5.69 Å². The Morgan fingerprint density at radius 1 is 1.21 bits per heavy atom. The van der Waals surface area contributed by atoms with Crippen molar-refractivity contribution in [2.24, 2.45) is 0 Å². The molecule has 1 aromatic rings. The molecule has 0 bridgehead atoms. The van der Waals surface area contributed by atoms with Crippen molar-refractivity contribution in [1.29, 1.82) is 0 Å². The topological polar surface area (TPSA) is 55.4 Å². The van der Waals surface area contributed by atoms with Crippen molar-refractivity contribution in [3.8, 4) is 5.75 Å². The molecule has 0 atom stereocenters. The number of rotatable bonds is 6. The number of benzene rings is 1. The van der Waals surface area contributed by atoms with E-state index in [2.05, 4.69) is 4.72 Å². The average Bonchev–Trinajstić information content (AvgIpc) is 2.84. The number of hydrogen-bond acceptors (Lipinski definition) is 3. The fourth-order valence-corrected chi connectivity index (χ4v) is 3.54. The summed E-state index contributed by atoms with van der Waals surface area (Å²) in [5, 5.41) is 0. The number of ether oxygens (including phenoxy) is 1. The monoisotopic (exact) mass is 303 g/mol. The molecule has 106 valence electrons. The lowest BCUT2D eigenvalue weighted by atomic mass is 10.3. The summed E-state index contributed by atoms with van der Waals surface area (Å²) in [4.78, 5) is 0. The van der Waals surface area contributed by atoms with Gasteiger partial charge in [-0.1, -0.05) is 0 Å². The highest BCUT2D eigenvalue weighted by molar-refractivity contribution is 7.92. The van der Waals surface area contributed by atoms with Crippen LogP contribution in [-0.2, 0) is 10.0 Å². The molecule has 0 saturated heterocycles. The molecule has 1 aromatic carbocycles. The Balaban J connectivity index is 1.94. The van der Waals surface area contributed by atoms with Crippen molar-refractivity contribution >= 4 is 27.3 Å². The summed E-state index contributed by atoms with van der Waals surface area (Å²) < 4.78 is 31.4. The molecule has 0 aliphatic heterocycles. The number of nitrogens with one attached hydrogen (secondary N) is 1. The Morgan fingerprint density at radius 2 is 1.84 bits per heavy atom. The third-order valence-electron chi connectivity index (χ3n) is 3.08. The van der Waals surface area contributed by atoms with Crippen molar-refractivity contribution in [1.82, 2.24) is 0 Å². The van der Waals surface area contributed by atoms with Crippen LogP contribution in [0.1, 0.15) is 25.7 Å². The van der Waals surface area contributed by atoms with Gasteiger partial charge in [-0.05, 0) is 49.9 Å². The minimum Gasteiger partial charge on any atom is -0.490 e. The third-order valence-corrected chi connectivity index (χ3v) is 4.78. The normalized spacial score (nSPS) is 16.5. The lowest BCUT2D eigenvalue weighted by Crippen LogP contribution is -2.17. The van der Waals surface area contributed by atoms with Gasteiger partial charge in [0.05, 0.1) is 11.9 Å². The highest BCUT2D eigenvalue weighted by atomic mass is 35.5. The molecule has 0 aromatic heterocycles. The van der Waals surface area contributed by atoms with E-state index in [1.807, 2.05) is 0 Å². The molecule has 0 amide bonds. The van der Waals surface area contributed by atoms with Gasteiger partial charge in [-0.25, -0.2) is 8.42 Å². The maximum Gasteiger partial charge on any atom is 0.233 e. The van der Waals surface area contributed by atoms with Crippen molar-refractivity contribution in [2.75, 3.05) is 16.4 Å². The SMILES string of the molecule is O=S(=O)(CCCl)Nc1ccc(OC2CCCC2)cc1. The van der Waals surface area contributed by atoms with Crippen LogP contribution in [0.15, 0.2) is 24.3 Å². The lowest BCUT2D eigenvalue weighted by Gasteiger charge is -2.13. The number of halogens is 1. The van der Waals surface area contributed by atoms with E-state index in [1.54, 1.807) is 24.3 Å². The van der Waals surface area contributed by atoms with Gasteiger partial charge in [-0.2, -0.15) is 0 Å². The van der Waals surface area contributed by atoms with Crippen LogP contribution < -0.4 is 9.46 Å². The summed E-state index contributed by atoms with van der Waals surface area (Å²) >= 11 is 5.43. The zero-order valence-corrected chi connectivity index (χ0v) is 12.2. The van der Waals surface area contributed by atoms with E-state index >= 15 is 0 Å². The zero-order chi connectivity index (χ0) is 13.7. The molecule has 1 saturated carbocycles. The minimum atomic E-state index is -3.34. The molecule has 19 heavy (non-hydrogen) atoms. The Hall–Kier alpha value is -0.940. The van der Waals surface area contributed by atoms with Crippen molar-refractivity contribution < 1.29 is 13.2 Å². The largest absolute Gasteiger partial charge is 0.490 e. The first-order valence-electron chi connectivity index (χ1n) is 6.42. The molecule has 0 spiro atoms. The van der Waals surface area contributed by atoms with Gasteiger partial charge < -0.3 is 4.74 Å². The molecule has 0 heterocycles. The molecular formula is C13H18ClNO3S. The summed E-state index contributed by atoms with van der Waals surface area (Å²) in [5.41, 5.74) is 0.531. The third kappa shape index (κ3) is 4.58. The van der Waals surface area contributed by atoms with Gasteiger partial charge in [-0.15, -0.1) is 11.6 Å². The van der Waals surface area contributed by atoms with Crippen LogP contribution >= 0.6 is 11.6 Å². The van der Waals surface area contributed by atoms with Crippen LogP contribution in [0.2, 0.25) is 0 Å². The second-order valence-electron chi connectivity index (χ2n) is 4.66. The summed E-state index contributed by atoms with van der Waals surface area (Å²) in [6, 6.07) is 6.99. The van der Waals surface area contributed by atoms with Crippen LogP contribution in [0.5, 0.6) is 5.75 Å². The average molecular weight is 304 g/mol. The van der Waals surface area contributed by atoms with E-state index in [-0.39, 0.29) is 11.6 Å². The Kier molecular flexibility index (Phi) is 4.93. The maximum absolute atomic E-state index is 11.5. The van der Waals surface area contributed by atoms with E-state index in [9.17, 15) is 8.42 Å². The van der Waals surface area contributed by atoms with E-state index in [0.717, 1.165) is 18.6 Å². The quantitative estimate of drug-likeness (QED) is 0.822. The number of anilines is 1. The fraction of sp³-hybridized carbons (Fsp3) is 0.538. The molecule has 1 aliphatic carbocycles. The van der Waals surface area contributed by atoms with Crippen LogP contribution in [0.3, 0.4) is 0 Å². The van der Waals surface area contributed by atoms with Gasteiger partial charge in [0.2, 0.25) is 10.0 Å². The molecule has 0 unspecified atom stereocenters. The molecule has 2 rings (SSSR count). The highest BCUT2D eigenvalue weighted by Gasteiger charge is 2.16. The summed E-state index contributed by atoms with van der Waals surface area (Å²) in [6.45, 7) is 0. The standard InChI is InChI=1S/C13H18ClNO3S/c14-9-10-19(16,17)15-11-5-7-13(8-6-11)18-12-3-1-2-4-12/h5-8,12,15H,1-4,9-10H2. The van der Waals surface area contributed by atoms with Crippen LogP contribution in [0, 0.1) is 0 Å². The lowest BCUT2D eigenvalue weighted by molar-refractivity contribution is 0.210. The van der Waals surface area contributed by atoms with E-state index in [4.69, 9.17) is 16.3 Å². The van der Waals surface area contributed by atoms with E-state index in [0.29, 0.717) is 11.8 Å². The van der Waals surface area contributed by atoms with E-state index in [1.165, 1.54) is 12.8 Å². The molecule has 6 heteroatoms. The first-order valence-corrected chi connectivity index (χ1v) is 8.61. The van der Waals surface area contributed by atoms with Gasteiger partial charge in [0, 0.05) is 11.6 Å². The van der Waals surface area contributed by atoms with Gasteiger partial charge in [0.25, 0.3) is 0 Å². The second-order valence-corrected chi connectivity index (χ2v) is 6.88. The smallest absolute Gasteiger partial charge is 0.233 e. The maximum atomic E-state index is 11.5. The molecule has 4 nitrogen and oxygen atoms in total. The van der Waals surface area contributed by atoms with Gasteiger partial charge in [0.15, 0.2) is 0 Å². The Labute approximate surface area is 119 Å². The van der Waals surface area contributed by atoms with E-state index < -0.39 is 10.0 Å². The molecular weight excluding hydrogens is 286 g/mol. The summed E-state index contributed by atoms with van der Waals surface area (Å²) in [6.07, 6.45) is 4.95. The first-order chi connectivity index (χ1) is 9.09. The molecule has 1 fully saturated rings. The predicted molar refractivity (Wildman–Crippen MR) is 77.5 cm³/mol. The number of hydrogen-bond donors (Lipinski definition) is 1. The second kappa shape index (κ2) is 6.48. The van der Waals surface area contributed by atoms with Gasteiger partial charge in [0.1, 0.15) is 5.75 Å². The van der Waals surface area contributed by atoms with Crippen LogP contribution in [0.25, 0.3) is 0 Å². The molecule has 1 N–H and O–H groups in total. The molecule has 1 aliphatic rings. The zero-order valence-electron chi connectivity index (χ0n) is 10.6. The molecule has 0 radical (unpaired) electrons. The minimum absolute atomic E-state index is 0.0816. The summed E-state index contributed by atoms with van der Waals surface area (Å²) in [7, 11) is -3.34. The Bertz CT molecular complexity index is 495.